The average Bonchev–Trinajstić information content (AvgIpc) is 3.08. The Labute approximate surface area is 142 Å². The number of likely N-dealkylation sites (tertiary alicyclic amines) is 1. The van der Waals surface area contributed by atoms with Gasteiger partial charge in [0.25, 0.3) is 5.91 Å². The molecule has 2 heterocycles. The summed E-state index contributed by atoms with van der Waals surface area (Å²) >= 11 is 0. The van der Waals surface area contributed by atoms with Crippen LogP contribution in [-0.4, -0.2) is 53.2 Å². The largest absolute Gasteiger partial charge is 0.395 e. The van der Waals surface area contributed by atoms with Gasteiger partial charge in [-0.05, 0) is 50.9 Å². The summed E-state index contributed by atoms with van der Waals surface area (Å²) in [6.07, 6.45) is 4.24. The van der Waals surface area contributed by atoms with Gasteiger partial charge in [0.15, 0.2) is 0 Å². The van der Waals surface area contributed by atoms with Crippen molar-refractivity contribution in [3.63, 3.8) is 0 Å². The first kappa shape index (κ1) is 16.9. The second kappa shape index (κ2) is 8.22. The van der Waals surface area contributed by atoms with Gasteiger partial charge < -0.3 is 10.4 Å². The van der Waals surface area contributed by atoms with E-state index in [0.29, 0.717) is 18.3 Å². The zero-order valence-corrected chi connectivity index (χ0v) is 13.9. The first-order valence-corrected chi connectivity index (χ1v) is 8.77. The number of carbonyl (C=O) groups excluding carboxylic acids is 1. The van der Waals surface area contributed by atoms with Gasteiger partial charge in [-0.25, -0.2) is 4.98 Å². The molecule has 1 aliphatic rings. The molecule has 5 nitrogen and oxygen atoms in total. The number of aliphatic hydroxyl groups is 1. The van der Waals surface area contributed by atoms with Crippen molar-refractivity contribution in [2.75, 3.05) is 26.2 Å². The van der Waals surface area contributed by atoms with Gasteiger partial charge in [0.2, 0.25) is 0 Å². The minimum atomic E-state index is -0.116. The number of pyridine rings is 1. The third-order valence-electron chi connectivity index (χ3n) is 4.70. The number of aliphatic hydroxyl groups excluding tert-OH is 1. The molecule has 128 valence electrons. The van der Waals surface area contributed by atoms with E-state index in [9.17, 15) is 9.90 Å². The van der Waals surface area contributed by atoms with E-state index in [4.69, 9.17) is 0 Å². The Morgan fingerprint density at radius 1 is 1.25 bits per heavy atom. The van der Waals surface area contributed by atoms with Crippen LogP contribution >= 0.6 is 0 Å². The minimum absolute atomic E-state index is 0.116. The van der Waals surface area contributed by atoms with Crippen LogP contribution in [-0.2, 0) is 0 Å². The highest BCUT2D eigenvalue weighted by atomic mass is 16.3. The quantitative estimate of drug-likeness (QED) is 0.765. The molecule has 1 amide bonds. The lowest BCUT2D eigenvalue weighted by molar-refractivity contribution is 0.0947. The van der Waals surface area contributed by atoms with Gasteiger partial charge in [0, 0.05) is 18.0 Å². The predicted octanol–water partition coefficient (Wildman–Crippen LogP) is 2.20. The van der Waals surface area contributed by atoms with Crippen LogP contribution in [0.1, 0.15) is 36.2 Å². The lowest BCUT2D eigenvalue weighted by Crippen LogP contribution is -2.33. The van der Waals surface area contributed by atoms with Gasteiger partial charge in [-0.15, -0.1) is 0 Å². The van der Waals surface area contributed by atoms with Crippen LogP contribution < -0.4 is 5.32 Å². The Morgan fingerprint density at radius 2 is 2.12 bits per heavy atom. The summed E-state index contributed by atoms with van der Waals surface area (Å²) < 4.78 is 0. The molecule has 2 N–H and O–H groups in total. The van der Waals surface area contributed by atoms with Crippen molar-refractivity contribution >= 4 is 16.8 Å². The number of hydrogen-bond acceptors (Lipinski definition) is 4. The lowest BCUT2D eigenvalue weighted by Gasteiger charge is -2.22. The molecule has 24 heavy (non-hydrogen) atoms. The molecular formula is C19H25N3O2. The number of para-hydroxylation sites is 1. The minimum Gasteiger partial charge on any atom is -0.395 e. The fraction of sp³-hybridized carbons (Fsp3) is 0.474. The molecule has 1 aromatic heterocycles. The van der Waals surface area contributed by atoms with E-state index in [1.807, 2.05) is 30.3 Å². The maximum absolute atomic E-state index is 12.2. The normalized spacial score (nSPS) is 18.1. The SMILES string of the molecule is O=C(NCCCCN1CCCC1CO)c1ccc2ccccc2n1. The van der Waals surface area contributed by atoms with Crippen LogP contribution in [0.2, 0.25) is 0 Å². The highest BCUT2D eigenvalue weighted by Gasteiger charge is 2.22. The molecule has 1 atom stereocenters. The summed E-state index contributed by atoms with van der Waals surface area (Å²) in [6.45, 7) is 2.99. The number of carbonyl (C=O) groups is 1. The van der Waals surface area contributed by atoms with Crippen molar-refractivity contribution in [2.45, 2.75) is 31.7 Å². The maximum Gasteiger partial charge on any atom is 0.269 e. The van der Waals surface area contributed by atoms with Crippen LogP contribution in [0, 0.1) is 0 Å². The number of benzene rings is 1. The second-order valence-corrected chi connectivity index (χ2v) is 6.37. The Hall–Kier alpha value is -1.98. The molecule has 0 bridgehead atoms. The summed E-state index contributed by atoms with van der Waals surface area (Å²) in [7, 11) is 0. The molecule has 0 spiro atoms. The highest BCUT2D eigenvalue weighted by molar-refractivity contribution is 5.94. The number of rotatable bonds is 7. The number of aromatic nitrogens is 1. The van der Waals surface area contributed by atoms with Crippen LogP contribution in [0.15, 0.2) is 36.4 Å². The van der Waals surface area contributed by atoms with E-state index in [2.05, 4.69) is 15.2 Å². The highest BCUT2D eigenvalue weighted by Crippen LogP contribution is 2.17. The fourth-order valence-corrected chi connectivity index (χ4v) is 3.32. The number of amides is 1. The van der Waals surface area contributed by atoms with E-state index in [1.54, 1.807) is 6.07 Å². The molecule has 3 rings (SSSR count). The van der Waals surface area contributed by atoms with Gasteiger partial charge in [-0.2, -0.15) is 0 Å². The van der Waals surface area contributed by atoms with Gasteiger partial charge in [0.1, 0.15) is 5.69 Å². The average molecular weight is 327 g/mol. The Kier molecular flexibility index (Phi) is 5.77. The van der Waals surface area contributed by atoms with Gasteiger partial charge in [-0.3, -0.25) is 9.69 Å². The molecule has 1 fully saturated rings. The molecule has 0 aliphatic carbocycles. The third-order valence-corrected chi connectivity index (χ3v) is 4.70. The molecule has 1 aliphatic heterocycles. The Bertz CT molecular complexity index is 689. The summed E-state index contributed by atoms with van der Waals surface area (Å²) in [6, 6.07) is 11.8. The van der Waals surface area contributed by atoms with E-state index in [1.165, 1.54) is 6.42 Å². The monoisotopic (exact) mass is 327 g/mol. The molecule has 0 radical (unpaired) electrons. The molecular weight excluding hydrogens is 302 g/mol. The van der Waals surface area contributed by atoms with E-state index in [0.717, 1.165) is 43.3 Å². The molecule has 2 aromatic rings. The maximum atomic E-state index is 12.2. The van der Waals surface area contributed by atoms with Crippen molar-refractivity contribution in [2.24, 2.45) is 0 Å². The van der Waals surface area contributed by atoms with Crippen LogP contribution in [0.3, 0.4) is 0 Å². The molecule has 1 unspecified atom stereocenters. The van der Waals surface area contributed by atoms with E-state index in [-0.39, 0.29) is 12.5 Å². The molecule has 1 aromatic carbocycles. The smallest absolute Gasteiger partial charge is 0.269 e. The molecule has 0 saturated carbocycles. The van der Waals surface area contributed by atoms with E-state index < -0.39 is 0 Å². The van der Waals surface area contributed by atoms with Crippen molar-refractivity contribution in [3.05, 3.63) is 42.1 Å². The zero-order valence-electron chi connectivity index (χ0n) is 13.9. The molecule has 1 saturated heterocycles. The van der Waals surface area contributed by atoms with Crippen molar-refractivity contribution < 1.29 is 9.90 Å². The summed E-state index contributed by atoms with van der Waals surface area (Å²) in [5.74, 6) is -0.116. The van der Waals surface area contributed by atoms with Crippen LogP contribution in [0.5, 0.6) is 0 Å². The predicted molar refractivity (Wildman–Crippen MR) is 95.0 cm³/mol. The van der Waals surface area contributed by atoms with E-state index >= 15 is 0 Å². The standard InChI is InChI=1S/C19H25N3O2/c23-14-16-7-5-13-22(16)12-4-3-11-20-19(24)18-10-9-15-6-1-2-8-17(15)21-18/h1-2,6,8-10,16,23H,3-5,7,11-14H2,(H,20,24). The van der Waals surface area contributed by atoms with Crippen LogP contribution in [0.4, 0.5) is 0 Å². The lowest BCUT2D eigenvalue weighted by atomic mass is 10.2. The summed E-state index contributed by atoms with van der Waals surface area (Å²) in [5.41, 5.74) is 1.31. The fourth-order valence-electron chi connectivity index (χ4n) is 3.32. The number of hydrogen-bond donors (Lipinski definition) is 2. The number of nitrogens with one attached hydrogen (secondary N) is 1. The van der Waals surface area contributed by atoms with Crippen molar-refractivity contribution in [1.29, 1.82) is 0 Å². The van der Waals surface area contributed by atoms with Gasteiger partial charge >= 0.3 is 0 Å². The van der Waals surface area contributed by atoms with Crippen LogP contribution in [0.25, 0.3) is 10.9 Å². The Morgan fingerprint density at radius 3 is 3.00 bits per heavy atom. The van der Waals surface area contributed by atoms with Gasteiger partial charge in [0.05, 0.1) is 12.1 Å². The first-order chi connectivity index (χ1) is 11.8. The van der Waals surface area contributed by atoms with Crippen molar-refractivity contribution in [3.8, 4) is 0 Å². The first-order valence-electron chi connectivity index (χ1n) is 8.77. The topological polar surface area (TPSA) is 65.5 Å². The van der Waals surface area contributed by atoms with Gasteiger partial charge in [-0.1, -0.05) is 24.3 Å². The third kappa shape index (κ3) is 4.10. The summed E-state index contributed by atoms with van der Waals surface area (Å²) in [4.78, 5) is 19.0. The number of nitrogens with zero attached hydrogens (tertiary/aromatic N) is 2. The molecule has 5 heteroatoms. The number of fused-ring (bicyclic) bond motifs is 1. The van der Waals surface area contributed by atoms with Crippen molar-refractivity contribution in [1.82, 2.24) is 15.2 Å². The number of unbranched alkanes of at least 4 members (excludes halogenated alkanes) is 1. The summed E-state index contributed by atoms with van der Waals surface area (Å²) in [5, 5.41) is 13.3. The second-order valence-electron chi connectivity index (χ2n) is 6.37. The zero-order chi connectivity index (χ0) is 16.8. The Balaban J connectivity index is 1.42.